The first-order valence-electron chi connectivity index (χ1n) is 12.0. The highest BCUT2D eigenvalue weighted by atomic mass is 19.4. The Balaban J connectivity index is 1.82. The zero-order valence-corrected chi connectivity index (χ0v) is 20.6. The van der Waals surface area contributed by atoms with Gasteiger partial charge in [0.05, 0.1) is 35.6 Å². The van der Waals surface area contributed by atoms with Gasteiger partial charge in [-0.05, 0) is 57.7 Å². The van der Waals surface area contributed by atoms with Crippen molar-refractivity contribution < 1.29 is 45.4 Å². The minimum atomic E-state index is -4.87. The molecule has 2 amide bonds. The molecule has 8 nitrogen and oxygen atoms in total. The van der Waals surface area contributed by atoms with Gasteiger partial charge in [-0.2, -0.15) is 26.3 Å². The molecule has 2 atom stereocenters. The van der Waals surface area contributed by atoms with E-state index in [9.17, 15) is 35.9 Å². The summed E-state index contributed by atoms with van der Waals surface area (Å²) < 4.78 is 90.5. The quantitative estimate of drug-likeness (QED) is 0.275. The maximum atomic E-state index is 13.5. The molecule has 0 saturated heterocycles. The van der Waals surface area contributed by atoms with Crippen molar-refractivity contribution in [3.05, 3.63) is 41.5 Å². The van der Waals surface area contributed by atoms with Crippen molar-refractivity contribution in [1.29, 1.82) is 0 Å². The first-order valence-corrected chi connectivity index (χ1v) is 12.0. The van der Waals surface area contributed by atoms with Crippen LogP contribution in [-0.4, -0.2) is 55.0 Å². The summed E-state index contributed by atoms with van der Waals surface area (Å²) in [6.07, 6.45) is -10.9. The Labute approximate surface area is 214 Å². The van der Waals surface area contributed by atoms with Crippen LogP contribution in [0.3, 0.4) is 0 Å². The summed E-state index contributed by atoms with van der Waals surface area (Å²) in [6.45, 7) is 3.19. The van der Waals surface area contributed by atoms with E-state index in [1.165, 1.54) is 19.1 Å². The maximum Gasteiger partial charge on any atom is 0.419 e. The monoisotopic (exact) mass is 550 g/mol. The average Bonchev–Trinajstić information content (AvgIpc) is 3.23. The Kier molecular flexibility index (Phi) is 9.28. The molecule has 0 aromatic heterocycles. The van der Waals surface area contributed by atoms with Crippen molar-refractivity contribution in [3.8, 4) is 0 Å². The summed E-state index contributed by atoms with van der Waals surface area (Å²) in [7, 11) is 0. The Morgan fingerprint density at radius 2 is 1.74 bits per heavy atom. The highest BCUT2D eigenvalue weighted by Gasteiger charge is 2.49. The van der Waals surface area contributed by atoms with E-state index in [1.54, 1.807) is 6.92 Å². The normalized spacial score (nSPS) is 24.4. The molecule has 14 heteroatoms. The summed E-state index contributed by atoms with van der Waals surface area (Å²) >= 11 is 0. The largest absolute Gasteiger partial charge is 0.450 e. The van der Waals surface area contributed by atoms with E-state index in [0.717, 1.165) is 18.2 Å². The molecule has 0 radical (unpaired) electrons. The molecule has 210 valence electrons. The third kappa shape index (κ3) is 7.85. The highest BCUT2D eigenvalue weighted by molar-refractivity contribution is 6.10. The minimum Gasteiger partial charge on any atom is -0.450 e. The van der Waals surface area contributed by atoms with Crippen molar-refractivity contribution in [2.45, 2.75) is 76.2 Å². The molecule has 1 saturated carbocycles. The second kappa shape index (κ2) is 12.0. The van der Waals surface area contributed by atoms with Gasteiger partial charge in [0.25, 0.3) is 5.91 Å². The molecule has 3 N–H and O–H groups in total. The molecule has 0 bridgehead atoms. The number of amides is 2. The average molecular weight is 550 g/mol. The van der Waals surface area contributed by atoms with E-state index >= 15 is 0 Å². The summed E-state index contributed by atoms with van der Waals surface area (Å²) in [5.41, 5.74) is -2.20. The molecule has 1 aliphatic carbocycles. The first kappa shape index (κ1) is 29.3. The van der Waals surface area contributed by atoms with E-state index in [1.807, 2.05) is 0 Å². The van der Waals surface area contributed by atoms with Crippen LogP contribution in [0.5, 0.6) is 0 Å². The van der Waals surface area contributed by atoms with Crippen molar-refractivity contribution >= 4 is 23.6 Å². The number of alkyl halides is 6. The number of nitrogens with one attached hydrogen (secondary N) is 3. The Morgan fingerprint density at radius 3 is 2.34 bits per heavy atom. The van der Waals surface area contributed by atoms with Gasteiger partial charge in [0.15, 0.2) is 6.10 Å². The number of hydrogen-bond donors (Lipinski definition) is 3. The van der Waals surface area contributed by atoms with Crippen molar-refractivity contribution in [1.82, 2.24) is 10.6 Å². The lowest BCUT2D eigenvalue weighted by Crippen LogP contribution is -2.43. The fourth-order valence-electron chi connectivity index (χ4n) is 4.23. The summed E-state index contributed by atoms with van der Waals surface area (Å²) in [5.74, 6) is -1.64. The lowest BCUT2D eigenvalue weighted by molar-refractivity contribution is -0.207. The smallest absolute Gasteiger partial charge is 0.419 e. The van der Waals surface area contributed by atoms with Crippen LogP contribution in [0.15, 0.2) is 40.9 Å². The van der Waals surface area contributed by atoms with Gasteiger partial charge in [0.2, 0.25) is 5.96 Å². The Hall–Kier alpha value is -3.29. The van der Waals surface area contributed by atoms with Crippen LogP contribution in [0.2, 0.25) is 0 Å². The zero-order valence-electron chi connectivity index (χ0n) is 20.6. The van der Waals surface area contributed by atoms with Crippen LogP contribution < -0.4 is 16.0 Å². The number of alkyl carbamates (subject to hydrolysis) is 1. The number of benzene rings is 1. The second-order valence-electron chi connectivity index (χ2n) is 8.86. The summed E-state index contributed by atoms with van der Waals surface area (Å²) in [6, 6.07) is 3.76. The second-order valence-corrected chi connectivity index (χ2v) is 8.86. The number of hydrogen-bond acceptors (Lipinski definition) is 5. The number of nitrogens with zero attached hydrogens (tertiary/aromatic N) is 1. The van der Waals surface area contributed by atoms with Gasteiger partial charge in [-0.15, -0.1) is 0 Å². The molecule has 1 aromatic rings. The fraction of sp³-hybridized carbons (Fsp3) is 0.542. The van der Waals surface area contributed by atoms with Gasteiger partial charge in [0, 0.05) is 6.04 Å². The third-order valence-electron chi connectivity index (χ3n) is 5.93. The van der Waals surface area contributed by atoms with Gasteiger partial charge in [-0.25, -0.2) is 9.79 Å². The molecule has 1 aromatic carbocycles. The van der Waals surface area contributed by atoms with Crippen molar-refractivity contribution in [2.24, 2.45) is 4.99 Å². The molecule has 1 fully saturated rings. The third-order valence-corrected chi connectivity index (χ3v) is 5.93. The standard InChI is InChI=1S/C24H28F6N4O4/c1-3-37-22(36)32-15-10-8-14(9-11-15)31-21(33-18-7-5-4-6-17(18)23(25,26)27)34-20(35)16-12-13(2)38-19(16)24(28,29)30/h4-7,12-15,19H,3,8-11H2,1-2H3,(H,32,36)(H2,31,33,34,35). The predicted octanol–water partition coefficient (Wildman–Crippen LogP) is 4.92. The van der Waals surface area contributed by atoms with Gasteiger partial charge in [-0.3, -0.25) is 10.1 Å². The molecule has 2 unspecified atom stereocenters. The van der Waals surface area contributed by atoms with E-state index < -0.39 is 65.4 Å². The van der Waals surface area contributed by atoms with Crippen LogP contribution in [0.4, 0.5) is 36.8 Å². The molecule has 1 aliphatic heterocycles. The number of ether oxygens (including phenoxy) is 2. The number of halogens is 6. The van der Waals surface area contributed by atoms with Crippen LogP contribution in [0.25, 0.3) is 0 Å². The molecule has 2 aliphatic rings. The van der Waals surface area contributed by atoms with Gasteiger partial charge in [0.1, 0.15) is 0 Å². The van der Waals surface area contributed by atoms with Gasteiger partial charge >= 0.3 is 18.4 Å². The van der Waals surface area contributed by atoms with Gasteiger partial charge < -0.3 is 20.1 Å². The van der Waals surface area contributed by atoms with Crippen LogP contribution in [0, 0.1) is 0 Å². The van der Waals surface area contributed by atoms with Crippen molar-refractivity contribution in [3.63, 3.8) is 0 Å². The molecule has 3 rings (SSSR count). The van der Waals surface area contributed by atoms with E-state index in [4.69, 9.17) is 9.47 Å². The number of aliphatic imine (C=N–C) groups is 1. The lowest BCUT2D eigenvalue weighted by Gasteiger charge is -2.27. The number of rotatable bonds is 5. The lowest BCUT2D eigenvalue weighted by atomic mass is 9.92. The summed E-state index contributed by atoms with van der Waals surface area (Å²) in [4.78, 5) is 28.8. The SMILES string of the molecule is CCOC(=O)NC1CCC(N=C(NC(=O)C2=CC(C)OC2C(F)(F)F)Nc2ccccc2C(F)(F)F)CC1. The molecule has 38 heavy (non-hydrogen) atoms. The number of guanidine groups is 1. The van der Waals surface area contributed by atoms with Crippen LogP contribution >= 0.6 is 0 Å². The highest BCUT2D eigenvalue weighted by Crippen LogP contribution is 2.35. The first-order chi connectivity index (χ1) is 17.8. The zero-order chi connectivity index (χ0) is 28.1. The molecule has 1 heterocycles. The Bertz CT molecular complexity index is 1060. The van der Waals surface area contributed by atoms with Crippen LogP contribution in [0.1, 0.15) is 45.1 Å². The van der Waals surface area contributed by atoms with Crippen LogP contribution in [-0.2, 0) is 20.4 Å². The fourth-order valence-corrected chi connectivity index (χ4v) is 4.23. The maximum absolute atomic E-state index is 13.5. The van der Waals surface area contributed by atoms with Gasteiger partial charge in [-0.1, -0.05) is 12.1 Å². The topological polar surface area (TPSA) is 101 Å². The van der Waals surface area contributed by atoms with E-state index in [2.05, 4.69) is 20.9 Å². The van der Waals surface area contributed by atoms with E-state index in [-0.39, 0.29) is 12.6 Å². The van der Waals surface area contributed by atoms with Crippen molar-refractivity contribution in [2.75, 3.05) is 11.9 Å². The number of carbonyl (C=O) groups excluding carboxylic acids is 2. The Morgan fingerprint density at radius 1 is 1.08 bits per heavy atom. The van der Waals surface area contributed by atoms with E-state index in [0.29, 0.717) is 25.7 Å². The summed E-state index contributed by atoms with van der Waals surface area (Å²) in [5, 5.41) is 7.35. The number of para-hydroxylation sites is 1. The predicted molar refractivity (Wildman–Crippen MR) is 125 cm³/mol. The molecule has 0 spiro atoms. The number of anilines is 1. The molecular formula is C24H28F6N4O4. The molecular weight excluding hydrogens is 522 g/mol. The minimum absolute atomic E-state index is 0.202. The number of carbonyl (C=O) groups is 2.